The Morgan fingerprint density at radius 2 is 1.96 bits per heavy atom. The number of aromatic nitrogens is 3. The molecule has 1 N–H and O–H groups in total. The van der Waals surface area contributed by atoms with Crippen molar-refractivity contribution in [1.82, 2.24) is 14.8 Å². The van der Waals surface area contributed by atoms with E-state index in [1.165, 1.54) is 36.0 Å². The van der Waals surface area contributed by atoms with Crippen LogP contribution in [0.4, 0.5) is 10.1 Å². The number of benzene rings is 2. The minimum Gasteiger partial charge on any atom is -0.325 e. The molecule has 0 bridgehead atoms. The maximum atomic E-state index is 12.9. The van der Waals surface area contributed by atoms with Gasteiger partial charge in [-0.15, -0.1) is 16.8 Å². The summed E-state index contributed by atoms with van der Waals surface area (Å²) in [5.41, 5.74) is 1.29. The van der Waals surface area contributed by atoms with Crippen molar-refractivity contribution in [3.8, 4) is 11.4 Å². The van der Waals surface area contributed by atoms with Gasteiger partial charge < -0.3 is 5.32 Å². The predicted molar refractivity (Wildman–Crippen MR) is 106 cm³/mol. The third kappa shape index (κ3) is 4.75. The number of anilines is 1. The topological polar surface area (TPSA) is 59.8 Å². The highest BCUT2D eigenvalue weighted by atomic mass is 35.5. The van der Waals surface area contributed by atoms with Gasteiger partial charge in [0.05, 0.1) is 10.8 Å². The van der Waals surface area contributed by atoms with Gasteiger partial charge in [-0.2, -0.15) is 0 Å². The molecule has 0 saturated carbocycles. The molecule has 0 aliphatic carbocycles. The van der Waals surface area contributed by atoms with Gasteiger partial charge in [-0.3, -0.25) is 9.36 Å². The molecule has 0 radical (unpaired) electrons. The van der Waals surface area contributed by atoms with E-state index in [9.17, 15) is 9.18 Å². The van der Waals surface area contributed by atoms with E-state index in [4.69, 9.17) is 11.6 Å². The number of rotatable bonds is 7. The van der Waals surface area contributed by atoms with Crippen LogP contribution in [0.2, 0.25) is 5.02 Å². The molecule has 0 unspecified atom stereocenters. The quantitative estimate of drug-likeness (QED) is 0.461. The van der Waals surface area contributed by atoms with Gasteiger partial charge in [0.1, 0.15) is 5.82 Å². The molecule has 3 rings (SSSR count). The Morgan fingerprint density at radius 3 is 2.67 bits per heavy atom. The zero-order chi connectivity index (χ0) is 19.2. The van der Waals surface area contributed by atoms with E-state index in [-0.39, 0.29) is 17.5 Å². The fraction of sp³-hybridized carbons (Fsp3) is 0.105. The summed E-state index contributed by atoms with van der Waals surface area (Å²) in [6.07, 6.45) is 1.73. The highest BCUT2D eigenvalue weighted by molar-refractivity contribution is 7.99. The monoisotopic (exact) mass is 402 g/mol. The lowest BCUT2D eigenvalue weighted by atomic mass is 10.2. The summed E-state index contributed by atoms with van der Waals surface area (Å²) in [7, 11) is 0. The van der Waals surface area contributed by atoms with Gasteiger partial charge in [-0.1, -0.05) is 41.6 Å². The Labute approximate surface area is 165 Å². The molecule has 3 aromatic rings. The first-order chi connectivity index (χ1) is 13.1. The molecule has 0 aliphatic heterocycles. The number of nitrogens with one attached hydrogen (secondary N) is 1. The van der Waals surface area contributed by atoms with Crippen LogP contribution in [0.15, 0.2) is 66.3 Å². The van der Waals surface area contributed by atoms with Gasteiger partial charge in [0.15, 0.2) is 11.0 Å². The lowest BCUT2D eigenvalue weighted by Gasteiger charge is -2.09. The molecule has 1 aromatic heterocycles. The lowest BCUT2D eigenvalue weighted by molar-refractivity contribution is -0.113. The summed E-state index contributed by atoms with van der Waals surface area (Å²) < 4.78 is 14.8. The Balaban J connectivity index is 1.73. The number of hydrogen-bond donors (Lipinski definition) is 1. The first-order valence-corrected chi connectivity index (χ1v) is 9.42. The molecule has 1 amide bonds. The van der Waals surface area contributed by atoms with Gasteiger partial charge >= 0.3 is 0 Å². The molecule has 27 heavy (non-hydrogen) atoms. The van der Waals surface area contributed by atoms with E-state index in [2.05, 4.69) is 22.1 Å². The Morgan fingerprint density at radius 1 is 1.22 bits per heavy atom. The van der Waals surface area contributed by atoms with Crippen molar-refractivity contribution in [2.75, 3.05) is 11.1 Å². The second-order valence-electron chi connectivity index (χ2n) is 5.53. The summed E-state index contributed by atoms with van der Waals surface area (Å²) in [6, 6.07) is 13.0. The van der Waals surface area contributed by atoms with Gasteiger partial charge in [-0.25, -0.2) is 4.39 Å². The molecular formula is C19H16ClFN4OS. The molecule has 0 fully saturated rings. The maximum absolute atomic E-state index is 12.9. The van der Waals surface area contributed by atoms with Crippen LogP contribution in [0, 0.1) is 5.82 Å². The predicted octanol–water partition coefficient (Wildman–Crippen LogP) is 4.65. The number of thioether (sulfide) groups is 1. The van der Waals surface area contributed by atoms with E-state index in [0.29, 0.717) is 28.2 Å². The molecule has 138 valence electrons. The smallest absolute Gasteiger partial charge is 0.234 e. The van der Waals surface area contributed by atoms with Gasteiger partial charge in [-0.05, 0) is 36.4 Å². The van der Waals surface area contributed by atoms with Crippen molar-refractivity contribution >= 4 is 35.0 Å². The van der Waals surface area contributed by atoms with Crippen molar-refractivity contribution in [3.05, 3.63) is 72.0 Å². The van der Waals surface area contributed by atoms with Crippen LogP contribution in [0.3, 0.4) is 0 Å². The van der Waals surface area contributed by atoms with Crippen LogP contribution in [0.25, 0.3) is 11.4 Å². The Bertz CT molecular complexity index is 959. The van der Waals surface area contributed by atoms with Crippen LogP contribution in [0.1, 0.15) is 0 Å². The third-order valence-electron chi connectivity index (χ3n) is 3.60. The fourth-order valence-electron chi connectivity index (χ4n) is 2.39. The molecule has 2 aromatic carbocycles. The van der Waals surface area contributed by atoms with Crippen LogP contribution in [0.5, 0.6) is 0 Å². The SMILES string of the molecule is C=CCn1c(SCC(=O)Nc2ccc(F)cc2)nnc1-c1ccccc1Cl. The number of carbonyl (C=O) groups excluding carboxylic acids is 1. The van der Waals surface area contributed by atoms with E-state index >= 15 is 0 Å². The van der Waals surface area contributed by atoms with E-state index in [1.54, 1.807) is 12.1 Å². The lowest BCUT2D eigenvalue weighted by Crippen LogP contribution is -2.14. The number of carbonyl (C=O) groups is 1. The average molecular weight is 403 g/mol. The minimum absolute atomic E-state index is 0.134. The van der Waals surface area contributed by atoms with Gasteiger partial charge in [0.25, 0.3) is 0 Å². The zero-order valence-electron chi connectivity index (χ0n) is 14.2. The molecular weight excluding hydrogens is 387 g/mol. The summed E-state index contributed by atoms with van der Waals surface area (Å²) in [5.74, 6) is 0.169. The fourth-order valence-corrected chi connectivity index (χ4v) is 3.36. The average Bonchev–Trinajstić information content (AvgIpc) is 3.05. The molecule has 8 heteroatoms. The second-order valence-corrected chi connectivity index (χ2v) is 6.88. The first-order valence-electron chi connectivity index (χ1n) is 8.05. The molecule has 0 spiro atoms. The number of amides is 1. The molecule has 5 nitrogen and oxygen atoms in total. The van der Waals surface area contributed by atoms with Crippen LogP contribution >= 0.6 is 23.4 Å². The van der Waals surface area contributed by atoms with Crippen molar-refractivity contribution in [1.29, 1.82) is 0 Å². The van der Waals surface area contributed by atoms with Crippen molar-refractivity contribution < 1.29 is 9.18 Å². The zero-order valence-corrected chi connectivity index (χ0v) is 15.8. The normalized spacial score (nSPS) is 10.6. The summed E-state index contributed by atoms with van der Waals surface area (Å²) in [5, 5.41) is 12.3. The third-order valence-corrected chi connectivity index (χ3v) is 4.90. The largest absolute Gasteiger partial charge is 0.325 e. The number of allylic oxidation sites excluding steroid dienone is 1. The highest BCUT2D eigenvalue weighted by Crippen LogP contribution is 2.29. The van der Waals surface area contributed by atoms with Crippen LogP contribution < -0.4 is 5.32 Å². The second kappa shape index (κ2) is 8.83. The molecule has 0 saturated heterocycles. The molecule has 0 atom stereocenters. The van der Waals surface area contributed by atoms with Gasteiger partial charge in [0, 0.05) is 17.8 Å². The van der Waals surface area contributed by atoms with Crippen molar-refractivity contribution in [2.45, 2.75) is 11.7 Å². The van der Waals surface area contributed by atoms with Crippen molar-refractivity contribution in [3.63, 3.8) is 0 Å². The van der Waals surface area contributed by atoms with E-state index < -0.39 is 0 Å². The summed E-state index contributed by atoms with van der Waals surface area (Å²) >= 11 is 7.52. The Kier molecular flexibility index (Phi) is 6.26. The van der Waals surface area contributed by atoms with Gasteiger partial charge in [0.2, 0.25) is 5.91 Å². The first kappa shape index (κ1) is 19.1. The molecule has 1 heterocycles. The minimum atomic E-state index is -0.355. The number of nitrogens with zero attached hydrogens (tertiary/aromatic N) is 3. The Hall–Kier alpha value is -2.64. The van der Waals surface area contributed by atoms with Crippen LogP contribution in [-0.2, 0) is 11.3 Å². The van der Waals surface area contributed by atoms with E-state index in [1.807, 2.05) is 22.8 Å². The number of hydrogen-bond acceptors (Lipinski definition) is 4. The highest BCUT2D eigenvalue weighted by Gasteiger charge is 2.16. The summed E-state index contributed by atoms with van der Waals surface area (Å²) in [6.45, 7) is 4.25. The maximum Gasteiger partial charge on any atom is 0.234 e. The summed E-state index contributed by atoms with van der Waals surface area (Å²) in [4.78, 5) is 12.1. The van der Waals surface area contributed by atoms with E-state index in [0.717, 1.165) is 5.56 Å². The van der Waals surface area contributed by atoms with Crippen LogP contribution in [-0.4, -0.2) is 26.4 Å². The number of halogens is 2. The standard InChI is InChI=1S/C19H16ClFN4OS/c1-2-11-25-18(15-5-3-4-6-16(15)20)23-24-19(25)27-12-17(26)22-14-9-7-13(21)8-10-14/h2-10H,1,11-12H2,(H,22,26). The molecule has 0 aliphatic rings. The van der Waals surface area contributed by atoms with Crippen molar-refractivity contribution in [2.24, 2.45) is 0 Å².